The monoisotopic (exact) mass is 295 g/mol. The van der Waals surface area contributed by atoms with Crippen molar-refractivity contribution in [2.45, 2.75) is 26.4 Å². The van der Waals surface area contributed by atoms with Gasteiger partial charge in [-0.05, 0) is 26.0 Å². The van der Waals surface area contributed by atoms with Crippen LogP contribution in [0.2, 0.25) is 0 Å². The van der Waals surface area contributed by atoms with Gasteiger partial charge < -0.3 is 14.4 Å². The van der Waals surface area contributed by atoms with E-state index >= 15 is 0 Å². The van der Waals surface area contributed by atoms with Gasteiger partial charge in [0.2, 0.25) is 5.91 Å². The Bertz CT molecular complexity index is 559. The summed E-state index contributed by atoms with van der Waals surface area (Å²) in [5, 5.41) is 0. The van der Waals surface area contributed by atoms with Crippen LogP contribution in [0.1, 0.15) is 20.3 Å². The van der Waals surface area contributed by atoms with Crippen LogP contribution in [-0.4, -0.2) is 31.6 Å². The Balaban J connectivity index is 2.30. The third-order valence-corrected chi connectivity index (χ3v) is 3.23. The Morgan fingerprint density at radius 2 is 2.14 bits per heavy atom. The van der Waals surface area contributed by atoms with Crippen LogP contribution in [0.4, 0.5) is 10.1 Å². The summed E-state index contributed by atoms with van der Waals surface area (Å²) in [7, 11) is 1.28. The number of benzene rings is 1. The van der Waals surface area contributed by atoms with Crippen molar-refractivity contribution in [3.8, 4) is 5.75 Å². The maximum Gasteiger partial charge on any atom is 0.311 e. The first-order chi connectivity index (χ1) is 9.92. The number of esters is 1. The Morgan fingerprint density at radius 1 is 1.43 bits per heavy atom. The first-order valence-electron chi connectivity index (χ1n) is 6.76. The number of rotatable bonds is 4. The van der Waals surface area contributed by atoms with Gasteiger partial charge in [0.15, 0.2) is 0 Å². The van der Waals surface area contributed by atoms with Crippen LogP contribution in [0, 0.1) is 11.7 Å². The van der Waals surface area contributed by atoms with Crippen LogP contribution < -0.4 is 9.64 Å². The minimum absolute atomic E-state index is 0.0598. The molecule has 0 N–H and O–H groups in total. The van der Waals surface area contributed by atoms with Gasteiger partial charge in [-0.2, -0.15) is 0 Å². The van der Waals surface area contributed by atoms with Gasteiger partial charge in [0.25, 0.3) is 0 Å². The summed E-state index contributed by atoms with van der Waals surface area (Å²) >= 11 is 0. The van der Waals surface area contributed by atoms with Crippen LogP contribution in [0.15, 0.2) is 18.2 Å². The second-order valence-electron chi connectivity index (χ2n) is 5.21. The summed E-state index contributed by atoms with van der Waals surface area (Å²) in [6, 6.07) is 4.01. The number of hydrogen-bond acceptors (Lipinski definition) is 4. The van der Waals surface area contributed by atoms with Crippen molar-refractivity contribution < 1.29 is 23.5 Å². The minimum Gasteiger partial charge on any atom is -0.489 e. The fraction of sp³-hybridized carbons (Fsp3) is 0.467. The van der Waals surface area contributed by atoms with Crippen molar-refractivity contribution >= 4 is 17.6 Å². The van der Waals surface area contributed by atoms with Gasteiger partial charge >= 0.3 is 5.97 Å². The number of nitrogens with zero attached hydrogens (tertiary/aromatic N) is 1. The zero-order valence-corrected chi connectivity index (χ0v) is 12.3. The van der Waals surface area contributed by atoms with Crippen LogP contribution in [0.3, 0.4) is 0 Å². The fourth-order valence-corrected chi connectivity index (χ4v) is 2.32. The average molecular weight is 295 g/mol. The highest BCUT2D eigenvalue weighted by molar-refractivity contribution is 6.00. The molecule has 0 aromatic heterocycles. The van der Waals surface area contributed by atoms with Gasteiger partial charge in [0.1, 0.15) is 11.6 Å². The van der Waals surface area contributed by atoms with E-state index in [9.17, 15) is 14.0 Å². The molecule has 1 amide bonds. The van der Waals surface area contributed by atoms with E-state index in [2.05, 4.69) is 4.74 Å². The maximum absolute atomic E-state index is 13.5. The average Bonchev–Trinajstić information content (AvgIpc) is 2.81. The SMILES string of the molecule is COC(=O)C1CC(=O)N(c2cc(F)ccc2OC(C)C)C1. The molecule has 21 heavy (non-hydrogen) atoms. The molecule has 6 heteroatoms. The molecule has 0 radical (unpaired) electrons. The Labute approximate surface area is 122 Å². The maximum atomic E-state index is 13.5. The van der Waals surface area contributed by atoms with E-state index in [1.807, 2.05) is 13.8 Å². The minimum atomic E-state index is -0.530. The summed E-state index contributed by atoms with van der Waals surface area (Å²) in [6.45, 7) is 3.86. The molecule has 0 aliphatic carbocycles. The third kappa shape index (κ3) is 3.32. The van der Waals surface area contributed by atoms with Gasteiger partial charge in [-0.3, -0.25) is 9.59 Å². The first kappa shape index (κ1) is 15.3. The molecule has 1 atom stereocenters. The Hall–Kier alpha value is -2.11. The van der Waals surface area contributed by atoms with Crippen LogP contribution in [0.25, 0.3) is 0 Å². The smallest absolute Gasteiger partial charge is 0.311 e. The van der Waals surface area contributed by atoms with E-state index in [0.717, 1.165) is 0 Å². The first-order valence-corrected chi connectivity index (χ1v) is 6.76. The quantitative estimate of drug-likeness (QED) is 0.799. The van der Waals surface area contributed by atoms with Gasteiger partial charge in [0, 0.05) is 19.0 Å². The standard InChI is InChI=1S/C15H18FNO4/c1-9(2)21-13-5-4-11(16)7-12(13)17-8-10(6-14(17)18)15(19)20-3/h4-5,7,9-10H,6,8H2,1-3H3. The van der Waals surface area contributed by atoms with Crippen molar-refractivity contribution in [1.29, 1.82) is 0 Å². The van der Waals surface area contributed by atoms with E-state index in [4.69, 9.17) is 4.74 Å². The van der Waals surface area contributed by atoms with Crippen molar-refractivity contribution in [2.24, 2.45) is 5.92 Å². The lowest BCUT2D eigenvalue weighted by atomic mass is 10.1. The number of carbonyl (C=O) groups is 2. The molecule has 114 valence electrons. The number of amides is 1. The number of methoxy groups -OCH3 is 1. The predicted octanol–water partition coefficient (Wildman–Crippen LogP) is 2.14. The number of ether oxygens (including phenoxy) is 2. The summed E-state index contributed by atoms with van der Waals surface area (Å²) in [5.41, 5.74) is 0.347. The summed E-state index contributed by atoms with van der Waals surface area (Å²) in [6.07, 6.45) is -0.0482. The predicted molar refractivity (Wildman–Crippen MR) is 74.6 cm³/mol. The van der Waals surface area contributed by atoms with Crippen molar-refractivity contribution in [1.82, 2.24) is 0 Å². The molecule has 1 heterocycles. The number of carbonyl (C=O) groups excluding carboxylic acids is 2. The fourth-order valence-electron chi connectivity index (χ4n) is 2.32. The van der Waals surface area contributed by atoms with Gasteiger partial charge in [0.05, 0.1) is 24.8 Å². The normalized spacial score (nSPS) is 18.2. The largest absolute Gasteiger partial charge is 0.489 e. The molecule has 0 bridgehead atoms. The molecule has 5 nitrogen and oxygen atoms in total. The molecule has 1 unspecified atom stereocenters. The molecule has 1 aromatic carbocycles. The van der Waals surface area contributed by atoms with Crippen LogP contribution in [0.5, 0.6) is 5.75 Å². The van der Waals surface area contributed by atoms with Crippen molar-refractivity contribution in [2.75, 3.05) is 18.6 Å². The zero-order valence-electron chi connectivity index (χ0n) is 12.3. The summed E-state index contributed by atoms with van der Waals surface area (Å²) in [5.74, 6) is -1.25. The second kappa shape index (κ2) is 6.11. The van der Waals surface area contributed by atoms with E-state index in [1.54, 1.807) is 0 Å². The molecular weight excluding hydrogens is 277 g/mol. The highest BCUT2D eigenvalue weighted by Crippen LogP contribution is 2.34. The second-order valence-corrected chi connectivity index (χ2v) is 5.21. The Morgan fingerprint density at radius 3 is 2.76 bits per heavy atom. The third-order valence-electron chi connectivity index (χ3n) is 3.23. The molecule has 0 saturated carbocycles. The van der Waals surface area contributed by atoms with Crippen molar-refractivity contribution in [3.63, 3.8) is 0 Å². The molecule has 1 fully saturated rings. The number of halogens is 1. The van der Waals surface area contributed by atoms with Crippen molar-refractivity contribution in [3.05, 3.63) is 24.0 Å². The lowest BCUT2D eigenvalue weighted by molar-refractivity contribution is -0.145. The summed E-state index contributed by atoms with van der Waals surface area (Å²) in [4.78, 5) is 25.0. The summed E-state index contributed by atoms with van der Waals surface area (Å²) < 4.78 is 23.8. The van der Waals surface area contributed by atoms with E-state index in [1.165, 1.54) is 30.2 Å². The number of anilines is 1. The number of hydrogen-bond donors (Lipinski definition) is 0. The Kier molecular flexibility index (Phi) is 4.45. The zero-order chi connectivity index (χ0) is 15.6. The van der Waals surface area contributed by atoms with Gasteiger partial charge in [-0.25, -0.2) is 4.39 Å². The molecule has 1 aliphatic heterocycles. The highest BCUT2D eigenvalue weighted by Gasteiger charge is 2.37. The van der Waals surface area contributed by atoms with Gasteiger partial charge in [-0.15, -0.1) is 0 Å². The van der Waals surface area contributed by atoms with Gasteiger partial charge in [-0.1, -0.05) is 0 Å². The topological polar surface area (TPSA) is 55.8 Å². The molecule has 1 saturated heterocycles. The van der Waals surface area contributed by atoms with E-state index < -0.39 is 17.7 Å². The van der Waals surface area contributed by atoms with Crippen LogP contribution in [-0.2, 0) is 14.3 Å². The molecule has 0 spiro atoms. The lowest BCUT2D eigenvalue weighted by Crippen LogP contribution is -2.27. The molecule has 2 rings (SSSR count). The molecule has 1 aromatic rings. The lowest BCUT2D eigenvalue weighted by Gasteiger charge is -2.21. The highest BCUT2D eigenvalue weighted by atomic mass is 19.1. The molecule has 1 aliphatic rings. The van der Waals surface area contributed by atoms with E-state index in [0.29, 0.717) is 11.4 Å². The molecular formula is C15H18FNO4. The van der Waals surface area contributed by atoms with Crippen LogP contribution >= 0.6 is 0 Å². The van der Waals surface area contributed by atoms with E-state index in [-0.39, 0.29) is 25.0 Å².